The van der Waals surface area contributed by atoms with Gasteiger partial charge in [0.15, 0.2) is 0 Å². The molecule has 1 fully saturated rings. The van der Waals surface area contributed by atoms with Crippen LogP contribution in [0.2, 0.25) is 5.02 Å². The number of halogens is 1. The molecule has 1 unspecified atom stereocenters. The summed E-state index contributed by atoms with van der Waals surface area (Å²) in [5.74, 6) is -0.615. The van der Waals surface area contributed by atoms with Crippen molar-refractivity contribution in [3.05, 3.63) is 112 Å². The van der Waals surface area contributed by atoms with E-state index in [-0.39, 0.29) is 56.8 Å². The number of thiazole rings is 1. The SMILES string of the molecule is Cc1ncsc1-c1ccc(CNC(=O)[C@@H]2CCCN2C(=O)C(NC(=O)COCCOCCOc2ccc(C(=O)N[C@@H](C)Cn3ccc(-c4ccc(C#N)c(Cl)c4)n3)cc2)C(C)(C)C)cc1. The second-order valence-corrected chi connectivity index (χ2v) is 18.1. The maximum Gasteiger partial charge on any atom is 0.251 e. The summed E-state index contributed by atoms with van der Waals surface area (Å²) in [6, 6.07) is 22.2. The lowest BCUT2D eigenvalue weighted by molar-refractivity contribution is -0.144. The van der Waals surface area contributed by atoms with Gasteiger partial charge in [0.2, 0.25) is 17.7 Å². The Balaban J connectivity index is 0.849. The lowest BCUT2D eigenvalue weighted by Crippen LogP contribution is -2.58. The van der Waals surface area contributed by atoms with Gasteiger partial charge in [-0.1, -0.05) is 62.7 Å². The van der Waals surface area contributed by atoms with Crippen LogP contribution >= 0.6 is 22.9 Å². The van der Waals surface area contributed by atoms with Gasteiger partial charge in [-0.05, 0) is 85.7 Å². The first-order valence-electron chi connectivity index (χ1n) is 21.5. The highest BCUT2D eigenvalue weighted by molar-refractivity contribution is 7.13. The van der Waals surface area contributed by atoms with E-state index in [1.807, 2.05) is 82.7 Å². The van der Waals surface area contributed by atoms with E-state index >= 15 is 0 Å². The number of benzene rings is 3. The molecule has 2 aromatic heterocycles. The van der Waals surface area contributed by atoms with Crippen molar-refractivity contribution >= 4 is 46.6 Å². The molecule has 0 bridgehead atoms. The zero-order valence-corrected chi connectivity index (χ0v) is 38.8. The van der Waals surface area contributed by atoms with E-state index in [0.717, 1.165) is 27.3 Å². The molecule has 3 atom stereocenters. The lowest BCUT2D eigenvalue weighted by Gasteiger charge is -2.35. The largest absolute Gasteiger partial charge is 0.491 e. The van der Waals surface area contributed by atoms with Crippen LogP contribution in [-0.4, -0.2) is 101 Å². The molecule has 1 aliphatic rings. The molecule has 342 valence electrons. The minimum atomic E-state index is -0.861. The van der Waals surface area contributed by atoms with E-state index in [1.54, 1.807) is 63.4 Å². The molecule has 6 rings (SSSR count). The fraction of sp³-hybridized carbons (Fsp3) is 0.396. The van der Waals surface area contributed by atoms with Crippen LogP contribution in [0.5, 0.6) is 5.75 Å². The Hall–Kier alpha value is -6.12. The Morgan fingerprint density at radius 2 is 1.68 bits per heavy atom. The van der Waals surface area contributed by atoms with E-state index in [4.69, 9.17) is 31.1 Å². The Bertz CT molecular complexity index is 2460. The second-order valence-electron chi connectivity index (χ2n) is 16.9. The molecule has 0 aliphatic carbocycles. The molecule has 0 spiro atoms. The summed E-state index contributed by atoms with van der Waals surface area (Å²) in [5.41, 5.74) is 6.59. The highest BCUT2D eigenvalue weighted by Crippen LogP contribution is 2.29. The number of nitrogens with zero attached hydrogens (tertiary/aromatic N) is 5. The number of aryl methyl sites for hydroxylation is 1. The summed E-state index contributed by atoms with van der Waals surface area (Å²) < 4.78 is 18.7. The van der Waals surface area contributed by atoms with Crippen LogP contribution in [0.25, 0.3) is 21.7 Å². The fourth-order valence-corrected chi connectivity index (χ4v) is 8.34. The van der Waals surface area contributed by atoms with Crippen molar-refractivity contribution in [3.8, 4) is 33.5 Å². The van der Waals surface area contributed by atoms with Gasteiger partial charge in [-0.2, -0.15) is 10.4 Å². The van der Waals surface area contributed by atoms with Gasteiger partial charge < -0.3 is 35.1 Å². The standard InChI is InChI=1S/C48H55ClN8O7S/c1-31(28-56-20-18-40(55-56)36-12-13-37(26-50)39(49)25-36)53-45(59)35-14-16-38(17-15-35)64-24-23-62-21-22-63-29-42(58)54-44(48(3,4)5)47(61)57-19-6-7-41(57)46(60)51-27-33-8-10-34(11-9-33)43-32(2)52-30-65-43/h8-18,20,25,30-31,41,44H,6-7,19,21-24,27-29H2,1-5H3,(H,51,60)(H,53,59)(H,54,58)/t31-,41-,44?/m0/s1. The summed E-state index contributed by atoms with van der Waals surface area (Å²) in [4.78, 5) is 60.2. The zero-order valence-electron chi connectivity index (χ0n) is 37.3. The van der Waals surface area contributed by atoms with Gasteiger partial charge >= 0.3 is 0 Å². The number of carbonyl (C=O) groups excluding carboxylic acids is 4. The molecule has 3 aromatic carbocycles. The summed E-state index contributed by atoms with van der Waals surface area (Å²) in [6.07, 6.45) is 3.06. The van der Waals surface area contributed by atoms with Crippen LogP contribution in [0.1, 0.15) is 67.7 Å². The van der Waals surface area contributed by atoms with E-state index in [9.17, 15) is 19.2 Å². The van der Waals surface area contributed by atoms with E-state index in [1.165, 1.54) is 0 Å². The smallest absolute Gasteiger partial charge is 0.251 e. The second kappa shape index (κ2) is 22.7. The van der Waals surface area contributed by atoms with Crippen LogP contribution < -0.4 is 20.7 Å². The average molecular weight is 924 g/mol. The lowest BCUT2D eigenvalue weighted by atomic mass is 9.85. The van der Waals surface area contributed by atoms with Crippen LogP contribution in [-0.2, 0) is 36.9 Å². The van der Waals surface area contributed by atoms with Crippen LogP contribution in [0.4, 0.5) is 0 Å². The Kier molecular flexibility index (Phi) is 16.9. The first-order valence-corrected chi connectivity index (χ1v) is 22.8. The maximum atomic E-state index is 13.9. The fourth-order valence-electron chi connectivity index (χ4n) is 7.30. The first kappa shape index (κ1) is 48.3. The Morgan fingerprint density at radius 3 is 2.37 bits per heavy atom. The molecule has 4 amide bonds. The normalized spacial score (nSPS) is 14.6. The highest BCUT2D eigenvalue weighted by Gasteiger charge is 2.41. The van der Waals surface area contributed by atoms with Crippen molar-refractivity contribution < 1.29 is 33.4 Å². The molecule has 3 N–H and O–H groups in total. The first-order chi connectivity index (χ1) is 31.2. The van der Waals surface area contributed by atoms with Gasteiger partial charge in [0, 0.05) is 36.5 Å². The molecule has 1 aliphatic heterocycles. The van der Waals surface area contributed by atoms with Gasteiger partial charge in [-0.15, -0.1) is 11.3 Å². The molecule has 0 radical (unpaired) electrons. The van der Waals surface area contributed by atoms with E-state index in [2.05, 4.69) is 26.0 Å². The Labute approximate surface area is 388 Å². The molecule has 15 nitrogen and oxygen atoms in total. The van der Waals surface area contributed by atoms with Crippen molar-refractivity contribution in [2.24, 2.45) is 5.41 Å². The van der Waals surface area contributed by atoms with Crippen molar-refractivity contribution in [2.45, 2.75) is 78.7 Å². The number of nitrogens with one attached hydrogen (secondary N) is 3. The number of ether oxygens (including phenoxy) is 3. The number of rotatable bonds is 20. The molecular weight excluding hydrogens is 868 g/mol. The number of hydrogen-bond acceptors (Lipinski definition) is 11. The topological polar surface area (TPSA) is 190 Å². The number of likely N-dealkylation sites (tertiary alicyclic amines) is 1. The third-order valence-corrected chi connectivity index (χ3v) is 12.1. The summed E-state index contributed by atoms with van der Waals surface area (Å²) in [7, 11) is 0. The Morgan fingerprint density at radius 1 is 0.954 bits per heavy atom. The van der Waals surface area contributed by atoms with Gasteiger partial charge in [0.1, 0.15) is 37.1 Å². The monoisotopic (exact) mass is 922 g/mol. The molecular formula is C48H55ClN8O7S. The zero-order chi connectivity index (χ0) is 46.5. The molecule has 1 saturated heterocycles. The number of hydrogen-bond donors (Lipinski definition) is 3. The van der Waals surface area contributed by atoms with Crippen LogP contribution in [0.15, 0.2) is 84.5 Å². The number of carbonyl (C=O) groups is 4. The molecule has 3 heterocycles. The van der Waals surface area contributed by atoms with E-state index in [0.29, 0.717) is 60.1 Å². The van der Waals surface area contributed by atoms with Crippen molar-refractivity contribution in [3.63, 3.8) is 0 Å². The molecule has 0 saturated carbocycles. The van der Waals surface area contributed by atoms with Crippen LogP contribution in [0, 0.1) is 23.7 Å². The maximum absolute atomic E-state index is 13.9. The minimum absolute atomic E-state index is 0.152. The van der Waals surface area contributed by atoms with Crippen molar-refractivity contribution in [2.75, 3.05) is 39.6 Å². The van der Waals surface area contributed by atoms with Gasteiger partial charge in [0.05, 0.1) is 58.7 Å². The minimum Gasteiger partial charge on any atom is -0.491 e. The quantitative estimate of drug-likeness (QED) is 0.0720. The van der Waals surface area contributed by atoms with Crippen molar-refractivity contribution in [1.82, 2.24) is 35.6 Å². The highest BCUT2D eigenvalue weighted by atomic mass is 35.5. The van der Waals surface area contributed by atoms with Gasteiger partial charge in [-0.3, -0.25) is 23.9 Å². The average Bonchev–Trinajstić information content (AvgIpc) is 4.07. The van der Waals surface area contributed by atoms with Gasteiger partial charge in [-0.25, -0.2) is 4.98 Å². The predicted molar refractivity (Wildman–Crippen MR) is 248 cm³/mol. The molecule has 5 aromatic rings. The number of aromatic nitrogens is 3. The van der Waals surface area contributed by atoms with Crippen LogP contribution in [0.3, 0.4) is 0 Å². The molecule has 65 heavy (non-hydrogen) atoms. The van der Waals surface area contributed by atoms with E-state index < -0.39 is 23.4 Å². The summed E-state index contributed by atoms with van der Waals surface area (Å²) >= 11 is 7.77. The summed E-state index contributed by atoms with van der Waals surface area (Å²) in [5, 5.41) is 22.9. The number of nitriles is 1. The predicted octanol–water partition coefficient (Wildman–Crippen LogP) is 6.58. The summed E-state index contributed by atoms with van der Waals surface area (Å²) in [6.45, 7) is 11.4. The van der Waals surface area contributed by atoms with Gasteiger partial charge in [0.25, 0.3) is 5.91 Å². The van der Waals surface area contributed by atoms with Crippen molar-refractivity contribution in [1.29, 1.82) is 5.26 Å². The third kappa shape index (κ3) is 13.5. The third-order valence-electron chi connectivity index (χ3n) is 10.8. The number of amides is 4. The molecule has 17 heteroatoms.